The first-order chi connectivity index (χ1) is 11.7. The van der Waals surface area contributed by atoms with Crippen molar-refractivity contribution >= 4 is 11.6 Å². The van der Waals surface area contributed by atoms with Crippen molar-refractivity contribution in [2.75, 3.05) is 18.6 Å². The predicted octanol–water partition coefficient (Wildman–Crippen LogP) is 2.97. The van der Waals surface area contributed by atoms with Gasteiger partial charge < -0.3 is 10.6 Å². The summed E-state index contributed by atoms with van der Waals surface area (Å²) in [6.07, 6.45) is 1.91. The van der Waals surface area contributed by atoms with E-state index < -0.39 is 0 Å². The topological polar surface area (TPSA) is 78.6 Å². The molecule has 0 radical (unpaired) electrons. The highest BCUT2D eigenvalue weighted by Gasteiger charge is 2.24. The number of benzene rings is 2. The van der Waals surface area contributed by atoms with Gasteiger partial charge in [0.05, 0.1) is 5.69 Å². The van der Waals surface area contributed by atoms with Crippen molar-refractivity contribution in [1.82, 2.24) is 4.90 Å². The van der Waals surface area contributed by atoms with Gasteiger partial charge in [0, 0.05) is 25.2 Å². The normalized spacial score (nSPS) is 15.3. The third-order valence-corrected chi connectivity index (χ3v) is 4.68. The minimum Gasteiger partial charge on any atom is -0.339 e. The Morgan fingerprint density at radius 1 is 1.17 bits per heavy atom. The molecule has 1 heterocycles. The first kappa shape index (κ1) is 16.5. The van der Waals surface area contributed by atoms with Crippen molar-refractivity contribution in [3.63, 3.8) is 0 Å². The molecule has 0 aliphatic carbocycles. The van der Waals surface area contributed by atoms with Crippen molar-refractivity contribution < 1.29 is 10.0 Å². The Labute approximate surface area is 142 Å². The maximum atomic E-state index is 12.6. The van der Waals surface area contributed by atoms with E-state index in [4.69, 9.17) is 10.9 Å². The van der Waals surface area contributed by atoms with E-state index in [9.17, 15) is 4.79 Å². The molecular weight excluding hydrogens is 302 g/mol. The second kappa shape index (κ2) is 7.47. The Bertz CT molecular complexity index is 709. The fraction of sp³-hybridized carbons (Fsp3) is 0.316. The van der Waals surface area contributed by atoms with Crippen LogP contribution in [0.5, 0.6) is 0 Å². The van der Waals surface area contributed by atoms with E-state index in [1.54, 1.807) is 24.3 Å². The van der Waals surface area contributed by atoms with Crippen LogP contribution in [0.3, 0.4) is 0 Å². The SMILES string of the molecule is NCc1cccc(C2CCN(C(=O)c3cccc(NO)c3)CC2)c1. The van der Waals surface area contributed by atoms with Crippen molar-refractivity contribution in [1.29, 1.82) is 0 Å². The van der Waals surface area contributed by atoms with Crippen LogP contribution < -0.4 is 11.2 Å². The highest BCUT2D eigenvalue weighted by atomic mass is 16.5. The molecule has 5 heteroatoms. The Hall–Kier alpha value is -2.37. The van der Waals surface area contributed by atoms with E-state index in [1.807, 2.05) is 11.0 Å². The van der Waals surface area contributed by atoms with Crippen LogP contribution in [0, 0.1) is 0 Å². The van der Waals surface area contributed by atoms with Crippen LogP contribution in [0.15, 0.2) is 48.5 Å². The lowest BCUT2D eigenvalue weighted by molar-refractivity contribution is 0.0713. The largest absolute Gasteiger partial charge is 0.339 e. The summed E-state index contributed by atoms with van der Waals surface area (Å²) >= 11 is 0. The lowest BCUT2D eigenvalue weighted by Gasteiger charge is -2.32. The first-order valence-corrected chi connectivity index (χ1v) is 8.29. The Balaban J connectivity index is 1.64. The van der Waals surface area contributed by atoms with E-state index in [-0.39, 0.29) is 5.91 Å². The minimum absolute atomic E-state index is 0.0151. The summed E-state index contributed by atoms with van der Waals surface area (Å²) in [7, 11) is 0. The van der Waals surface area contributed by atoms with Gasteiger partial charge in [-0.3, -0.25) is 15.5 Å². The van der Waals surface area contributed by atoms with Crippen LogP contribution in [-0.4, -0.2) is 29.1 Å². The maximum absolute atomic E-state index is 12.6. The third-order valence-electron chi connectivity index (χ3n) is 4.68. The minimum atomic E-state index is 0.0151. The molecule has 2 aromatic carbocycles. The second-order valence-corrected chi connectivity index (χ2v) is 6.21. The second-order valence-electron chi connectivity index (χ2n) is 6.21. The van der Waals surface area contributed by atoms with Gasteiger partial charge in [0.25, 0.3) is 5.91 Å². The zero-order valence-corrected chi connectivity index (χ0v) is 13.6. The number of carbonyl (C=O) groups excluding carboxylic acids is 1. The molecule has 1 aliphatic heterocycles. The summed E-state index contributed by atoms with van der Waals surface area (Å²) in [4.78, 5) is 14.5. The van der Waals surface area contributed by atoms with Crippen LogP contribution in [-0.2, 0) is 6.54 Å². The number of piperidine rings is 1. The number of nitrogens with zero attached hydrogens (tertiary/aromatic N) is 1. The van der Waals surface area contributed by atoms with E-state index in [2.05, 4.69) is 23.7 Å². The van der Waals surface area contributed by atoms with Crippen LogP contribution in [0.25, 0.3) is 0 Å². The van der Waals surface area contributed by atoms with Gasteiger partial charge in [0.2, 0.25) is 0 Å². The number of nitrogens with one attached hydrogen (secondary N) is 1. The Kier molecular flexibility index (Phi) is 5.13. The molecule has 2 aromatic rings. The van der Waals surface area contributed by atoms with E-state index in [0.29, 0.717) is 23.7 Å². The highest BCUT2D eigenvalue weighted by molar-refractivity contribution is 5.95. The molecule has 0 atom stereocenters. The number of rotatable bonds is 4. The monoisotopic (exact) mass is 325 g/mol. The first-order valence-electron chi connectivity index (χ1n) is 8.29. The smallest absolute Gasteiger partial charge is 0.253 e. The van der Waals surface area contributed by atoms with Crippen LogP contribution in [0.4, 0.5) is 5.69 Å². The van der Waals surface area contributed by atoms with Crippen LogP contribution >= 0.6 is 0 Å². The quantitative estimate of drug-likeness (QED) is 0.755. The van der Waals surface area contributed by atoms with Gasteiger partial charge in [0.15, 0.2) is 0 Å². The number of nitrogens with two attached hydrogens (primary N) is 1. The highest BCUT2D eigenvalue weighted by Crippen LogP contribution is 2.29. The molecule has 126 valence electrons. The molecule has 24 heavy (non-hydrogen) atoms. The zero-order chi connectivity index (χ0) is 16.9. The van der Waals surface area contributed by atoms with Gasteiger partial charge in [-0.25, -0.2) is 0 Å². The molecule has 0 aromatic heterocycles. The van der Waals surface area contributed by atoms with E-state index in [1.165, 1.54) is 5.56 Å². The molecule has 0 spiro atoms. The number of hydrogen-bond acceptors (Lipinski definition) is 4. The molecule has 1 amide bonds. The fourth-order valence-electron chi connectivity index (χ4n) is 3.29. The lowest BCUT2D eigenvalue weighted by Crippen LogP contribution is -2.37. The van der Waals surface area contributed by atoms with Crippen LogP contribution in [0.2, 0.25) is 0 Å². The average Bonchev–Trinajstić information content (AvgIpc) is 2.67. The van der Waals surface area contributed by atoms with Gasteiger partial charge in [-0.2, -0.15) is 0 Å². The summed E-state index contributed by atoms with van der Waals surface area (Å²) in [5.74, 6) is 0.493. The van der Waals surface area contributed by atoms with Crippen molar-refractivity contribution in [3.05, 3.63) is 65.2 Å². The molecule has 0 bridgehead atoms. The van der Waals surface area contributed by atoms with Crippen molar-refractivity contribution in [2.45, 2.75) is 25.3 Å². The molecule has 1 aliphatic rings. The molecule has 1 fully saturated rings. The summed E-state index contributed by atoms with van der Waals surface area (Å²) in [5.41, 5.74) is 11.4. The number of amides is 1. The van der Waals surface area contributed by atoms with Crippen LogP contribution in [0.1, 0.15) is 40.2 Å². The molecule has 1 saturated heterocycles. The van der Waals surface area contributed by atoms with Gasteiger partial charge in [-0.05, 0) is 48.1 Å². The summed E-state index contributed by atoms with van der Waals surface area (Å²) < 4.78 is 0. The molecule has 0 unspecified atom stereocenters. The Morgan fingerprint density at radius 3 is 2.62 bits per heavy atom. The molecule has 3 rings (SSSR count). The van der Waals surface area contributed by atoms with Gasteiger partial charge in [-0.15, -0.1) is 0 Å². The number of anilines is 1. The van der Waals surface area contributed by atoms with Gasteiger partial charge >= 0.3 is 0 Å². The molecule has 5 nitrogen and oxygen atoms in total. The molecule has 0 saturated carbocycles. The predicted molar refractivity (Wildman–Crippen MR) is 94.1 cm³/mol. The van der Waals surface area contributed by atoms with Crippen molar-refractivity contribution in [3.8, 4) is 0 Å². The fourth-order valence-corrected chi connectivity index (χ4v) is 3.29. The summed E-state index contributed by atoms with van der Waals surface area (Å²) in [6.45, 7) is 2.04. The lowest BCUT2D eigenvalue weighted by atomic mass is 9.88. The number of likely N-dealkylation sites (tertiary alicyclic amines) is 1. The maximum Gasteiger partial charge on any atom is 0.253 e. The number of carbonyl (C=O) groups is 1. The average molecular weight is 325 g/mol. The van der Waals surface area contributed by atoms with Gasteiger partial charge in [-0.1, -0.05) is 30.3 Å². The van der Waals surface area contributed by atoms with E-state index >= 15 is 0 Å². The van der Waals surface area contributed by atoms with Crippen molar-refractivity contribution in [2.24, 2.45) is 5.73 Å². The van der Waals surface area contributed by atoms with E-state index in [0.717, 1.165) is 31.5 Å². The third kappa shape index (κ3) is 3.58. The Morgan fingerprint density at radius 2 is 1.92 bits per heavy atom. The zero-order valence-electron chi connectivity index (χ0n) is 13.6. The standard InChI is InChI=1S/C19H23N3O2/c20-13-14-3-1-4-16(11-14)15-7-9-22(10-8-15)19(23)17-5-2-6-18(12-17)21-24/h1-6,11-12,15,21,24H,7-10,13,20H2. The molecule has 4 N–H and O–H groups in total. The number of hydrogen-bond donors (Lipinski definition) is 3. The summed E-state index contributed by atoms with van der Waals surface area (Å²) in [5, 5.41) is 8.97. The summed E-state index contributed by atoms with van der Waals surface area (Å²) in [6, 6.07) is 15.4. The molecular formula is C19H23N3O2. The van der Waals surface area contributed by atoms with Gasteiger partial charge in [0.1, 0.15) is 0 Å².